The zero-order valence-corrected chi connectivity index (χ0v) is 14.6. The number of hydrogen-bond donors (Lipinski definition) is 1. The molecule has 6 nitrogen and oxygen atoms in total. The molecule has 25 heavy (non-hydrogen) atoms. The number of ether oxygens (including phenoxy) is 2. The highest BCUT2D eigenvalue weighted by Crippen LogP contribution is 2.15. The van der Waals surface area contributed by atoms with E-state index in [4.69, 9.17) is 9.47 Å². The molecule has 0 saturated carbocycles. The summed E-state index contributed by atoms with van der Waals surface area (Å²) in [7, 11) is 4.77. The highest BCUT2D eigenvalue weighted by Gasteiger charge is 2.14. The molecule has 1 N–H and O–H groups in total. The van der Waals surface area contributed by atoms with Crippen LogP contribution in [0.15, 0.2) is 48.5 Å². The van der Waals surface area contributed by atoms with Gasteiger partial charge in [-0.3, -0.25) is 9.59 Å². The van der Waals surface area contributed by atoms with Gasteiger partial charge >= 0.3 is 0 Å². The molecule has 2 aromatic carbocycles. The number of carbonyl (C=O) groups excluding carboxylic acids is 2. The van der Waals surface area contributed by atoms with E-state index in [1.54, 1.807) is 45.5 Å². The van der Waals surface area contributed by atoms with Crippen molar-refractivity contribution in [1.29, 1.82) is 0 Å². The summed E-state index contributed by atoms with van der Waals surface area (Å²) in [6.07, 6.45) is 0.212. The van der Waals surface area contributed by atoms with Crippen LogP contribution >= 0.6 is 0 Å². The number of carbonyl (C=O) groups is 2. The molecule has 0 aliphatic heterocycles. The van der Waals surface area contributed by atoms with Gasteiger partial charge in [0.15, 0.2) is 0 Å². The molecule has 2 amide bonds. The van der Waals surface area contributed by atoms with E-state index in [1.165, 1.54) is 4.90 Å². The van der Waals surface area contributed by atoms with Gasteiger partial charge in [-0.25, -0.2) is 0 Å². The lowest BCUT2D eigenvalue weighted by molar-refractivity contribution is -0.132. The van der Waals surface area contributed by atoms with Crippen LogP contribution in [0, 0.1) is 0 Å². The number of nitrogens with zero attached hydrogens (tertiary/aromatic N) is 1. The van der Waals surface area contributed by atoms with Crippen molar-refractivity contribution in [2.75, 3.05) is 33.1 Å². The number of anilines is 1. The first kappa shape index (κ1) is 18.3. The summed E-state index contributed by atoms with van der Waals surface area (Å²) >= 11 is 0. The number of benzene rings is 2. The SMILES string of the molecule is COc1ccc(NC(=O)CN(C)C(=O)Cc2cccc(OC)c2)cc1. The Morgan fingerprint density at radius 2 is 1.68 bits per heavy atom. The minimum atomic E-state index is -0.258. The zero-order chi connectivity index (χ0) is 18.2. The molecule has 0 aliphatic rings. The average molecular weight is 342 g/mol. The Bertz CT molecular complexity index is 728. The molecule has 2 rings (SSSR count). The normalized spacial score (nSPS) is 10.0. The lowest BCUT2D eigenvalue weighted by Gasteiger charge is -2.17. The van der Waals surface area contributed by atoms with Crippen molar-refractivity contribution < 1.29 is 19.1 Å². The Balaban J connectivity index is 1.87. The highest BCUT2D eigenvalue weighted by atomic mass is 16.5. The summed E-state index contributed by atoms with van der Waals surface area (Å²) in [6.45, 7) is -0.0190. The first-order valence-electron chi connectivity index (χ1n) is 7.82. The number of rotatable bonds is 7. The molecule has 0 bridgehead atoms. The molecular formula is C19H22N2O4. The van der Waals surface area contributed by atoms with Gasteiger partial charge in [0.25, 0.3) is 0 Å². The maximum atomic E-state index is 12.3. The molecule has 0 fully saturated rings. The van der Waals surface area contributed by atoms with Gasteiger partial charge in [-0.15, -0.1) is 0 Å². The van der Waals surface area contributed by atoms with E-state index in [-0.39, 0.29) is 24.8 Å². The summed E-state index contributed by atoms with van der Waals surface area (Å²) in [5.74, 6) is 1.01. The molecule has 0 atom stereocenters. The molecule has 0 unspecified atom stereocenters. The summed E-state index contributed by atoms with van der Waals surface area (Å²) < 4.78 is 10.2. The summed E-state index contributed by atoms with van der Waals surface area (Å²) in [5, 5.41) is 2.75. The van der Waals surface area contributed by atoms with Crippen LogP contribution < -0.4 is 14.8 Å². The van der Waals surface area contributed by atoms with Crippen molar-refractivity contribution in [3.8, 4) is 11.5 Å². The van der Waals surface area contributed by atoms with Crippen LogP contribution in [-0.2, 0) is 16.0 Å². The summed E-state index contributed by atoms with van der Waals surface area (Å²) in [6, 6.07) is 14.3. The predicted octanol–water partition coefficient (Wildman–Crippen LogP) is 2.34. The second kappa shape index (κ2) is 8.73. The van der Waals surface area contributed by atoms with Gasteiger partial charge in [0.2, 0.25) is 11.8 Å². The number of nitrogens with one attached hydrogen (secondary N) is 1. The van der Waals surface area contributed by atoms with E-state index in [0.717, 1.165) is 5.56 Å². The third-order valence-corrected chi connectivity index (χ3v) is 3.67. The first-order valence-corrected chi connectivity index (χ1v) is 7.82. The molecule has 0 radical (unpaired) electrons. The zero-order valence-electron chi connectivity index (χ0n) is 14.6. The summed E-state index contributed by atoms with van der Waals surface area (Å²) in [4.78, 5) is 25.8. The van der Waals surface area contributed by atoms with E-state index < -0.39 is 0 Å². The van der Waals surface area contributed by atoms with Crippen molar-refractivity contribution in [3.05, 3.63) is 54.1 Å². The highest BCUT2D eigenvalue weighted by molar-refractivity contribution is 5.94. The van der Waals surface area contributed by atoms with Crippen molar-refractivity contribution in [3.63, 3.8) is 0 Å². The summed E-state index contributed by atoms with van der Waals surface area (Å²) in [5.41, 5.74) is 1.49. The van der Waals surface area contributed by atoms with Gasteiger partial charge in [0.05, 0.1) is 27.2 Å². The lowest BCUT2D eigenvalue weighted by Crippen LogP contribution is -2.35. The second-order valence-electron chi connectivity index (χ2n) is 5.55. The topological polar surface area (TPSA) is 67.9 Å². The number of amides is 2. The molecule has 6 heteroatoms. The number of likely N-dealkylation sites (N-methyl/N-ethyl adjacent to an activating group) is 1. The van der Waals surface area contributed by atoms with Crippen molar-refractivity contribution in [2.24, 2.45) is 0 Å². The van der Waals surface area contributed by atoms with E-state index in [0.29, 0.717) is 17.2 Å². The minimum Gasteiger partial charge on any atom is -0.497 e. The Morgan fingerprint density at radius 1 is 1.00 bits per heavy atom. The van der Waals surface area contributed by atoms with Crippen molar-refractivity contribution in [2.45, 2.75) is 6.42 Å². The smallest absolute Gasteiger partial charge is 0.243 e. The Hall–Kier alpha value is -3.02. The van der Waals surface area contributed by atoms with E-state index in [9.17, 15) is 9.59 Å². The maximum Gasteiger partial charge on any atom is 0.243 e. The monoisotopic (exact) mass is 342 g/mol. The van der Waals surface area contributed by atoms with Gasteiger partial charge in [-0.1, -0.05) is 12.1 Å². The third kappa shape index (κ3) is 5.53. The maximum absolute atomic E-state index is 12.3. The average Bonchev–Trinajstić information content (AvgIpc) is 2.62. The van der Waals surface area contributed by atoms with E-state index >= 15 is 0 Å². The number of hydrogen-bond acceptors (Lipinski definition) is 4. The van der Waals surface area contributed by atoms with Crippen LogP contribution in [0.3, 0.4) is 0 Å². The van der Waals surface area contributed by atoms with Crippen LogP contribution in [0.4, 0.5) is 5.69 Å². The third-order valence-electron chi connectivity index (χ3n) is 3.67. The molecule has 132 valence electrons. The van der Waals surface area contributed by atoms with E-state index in [1.807, 2.05) is 24.3 Å². The van der Waals surface area contributed by atoms with Crippen molar-refractivity contribution in [1.82, 2.24) is 4.90 Å². The minimum absolute atomic E-state index is 0.0190. The number of methoxy groups -OCH3 is 2. The van der Waals surface area contributed by atoms with Gasteiger partial charge in [0, 0.05) is 12.7 Å². The predicted molar refractivity (Wildman–Crippen MR) is 96.0 cm³/mol. The molecule has 2 aromatic rings. The van der Waals surface area contributed by atoms with Gasteiger partial charge in [0.1, 0.15) is 11.5 Å². The molecule has 0 heterocycles. The molecular weight excluding hydrogens is 320 g/mol. The van der Waals surface area contributed by atoms with Gasteiger partial charge in [-0.2, -0.15) is 0 Å². The molecule has 0 aromatic heterocycles. The van der Waals surface area contributed by atoms with Crippen molar-refractivity contribution >= 4 is 17.5 Å². The molecule has 0 saturated heterocycles. The second-order valence-corrected chi connectivity index (χ2v) is 5.55. The quantitative estimate of drug-likeness (QED) is 0.839. The Kier molecular flexibility index (Phi) is 6.39. The van der Waals surface area contributed by atoms with Crippen LogP contribution in [-0.4, -0.2) is 44.5 Å². The fourth-order valence-electron chi connectivity index (χ4n) is 2.27. The van der Waals surface area contributed by atoms with Crippen LogP contribution in [0.2, 0.25) is 0 Å². The Labute approximate surface area is 147 Å². The van der Waals surface area contributed by atoms with E-state index in [2.05, 4.69) is 5.32 Å². The Morgan fingerprint density at radius 3 is 2.32 bits per heavy atom. The van der Waals surface area contributed by atoms with Crippen LogP contribution in [0.25, 0.3) is 0 Å². The fraction of sp³-hybridized carbons (Fsp3) is 0.263. The lowest BCUT2D eigenvalue weighted by atomic mass is 10.1. The first-order chi connectivity index (χ1) is 12.0. The van der Waals surface area contributed by atoms with Gasteiger partial charge < -0.3 is 19.7 Å². The largest absolute Gasteiger partial charge is 0.497 e. The molecule has 0 spiro atoms. The van der Waals surface area contributed by atoms with Crippen LogP contribution in [0.5, 0.6) is 11.5 Å². The van der Waals surface area contributed by atoms with Gasteiger partial charge in [-0.05, 0) is 42.0 Å². The molecule has 0 aliphatic carbocycles. The van der Waals surface area contributed by atoms with Crippen LogP contribution in [0.1, 0.15) is 5.56 Å². The fourth-order valence-corrected chi connectivity index (χ4v) is 2.27. The standard InChI is InChI=1S/C19H22N2O4/c1-21(19(23)12-14-5-4-6-17(11-14)25-3)13-18(22)20-15-7-9-16(24-2)10-8-15/h4-11H,12-13H2,1-3H3,(H,20,22).